The minimum Gasteiger partial charge on any atom is -0.354 e. The van der Waals surface area contributed by atoms with Crippen molar-refractivity contribution in [2.24, 2.45) is 0 Å². The van der Waals surface area contributed by atoms with Crippen molar-refractivity contribution in [3.05, 3.63) is 64.2 Å². The molecular weight excluding hydrogens is 338 g/mol. The van der Waals surface area contributed by atoms with Gasteiger partial charge in [0.05, 0.1) is 6.54 Å². The second-order valence-electron chi connectivity index (χ2n) is 6.18. The zero-order chi connectivity index (χ0) is 17.8. The van der Waals surface area contributed by atoms with Crippen LogP contribution in [0, 0.1) is 6.92 Å². The summed E-state index contributed by atoms with van der Waals surface area (Å²) in [4.78, 5) is 25.8. The number of carbonyl (C=O) groups excluding carboxylic acids is 2. The molecule has 1 aliphatic rings. The second-order valence-corrected chi connectivity index (χ2v) is 6.58. The van der Waals surface area contributed by atoms with E-state index in [1.807, 2.05) is 25.1 Å². The molecule has 0 radical (unpaired) electrons. The zero-order valence-electron chi connectivity index (χ0n) is 14.0. The Balaban J connectivity index is 1.62. The van der Waals surface area contributed by atoms with E-state index in [1.165, 1.54) is 0 Å². The van der Waals surface area contributed by atoms with E-state index in [0.29, 0.717) is 30.2 Å². The first-order valence-electron chi connectivity index (χ1n) is 8.17. The summed E-state index contributed by atoms with van der Waals surface area (Å²) in [5, 5.41) is 6.36. The van der Waals surface area contributed by atoms with Crippen LogP contribution < -0.4 is 10.6 Å². The fourth-order valence-corrected chi connectivity index (χ4v) is 2.89. The summed E-state index contributed by atoms with van der Waals surface area (Å²) in [6.07, 6.45) is 0. The lowest BCUT2D eigenvalue weighted by molar-refractivity contribution is -0.124. The summed E-state index contributed by atoms with van der Waals surface area (Å²) in [6.45, 7) is 4.53. The second kappa shape index (κ2) is 7.68. The molecule has 2 amide bonds. The van der Waals surface area contributed by atoms with Crippen molar-refractivity contribution in [2.45, 2.75) is 13.5 Å². The summed E-state index contributed by atoms with van der Waals surface area (Å²) >= 11 is 6.00. The van der Waals surface area contributed by atoms with Gasteiger partial charge in [-0.3, -0.25) is 14.5 Å². The molecule has 1 heterocycles. The number of hydrogen-bond donors (Lipinski definition) is 2. The molecule has 2 aromatic rings. The first kappa shape index (κ1) is 17.5. The van der Waals surface area contributed by atoms with Crippen LogP contribution in [0.4, 0.5) is 5.69 Å². The molecule has 25 heavy (non-hydrogen) atoms. The normalized spacial score (nSPS) is 14.9. The van der Waals surface area contributed by atoms with Gasteiger partial charge in [0.25, 0.3) is 5.91 Å². The Labute approximate surface area is 152 Å². The SMILES string of the molecule is Cc1cc(NC(=O)c2ccc(CN3CCNC(=O)C3)cc2)ccc1Cl. The van der Waals surface area contributed by atoms with Gasteiger partial charge >= 0.3 is 0 Å². The van der Waals surface area contributed by atoms with Crippen molar-refractivity contribution in [2.75, 3.05) is 25.0 Å². The molecule has 3 rings (SSSR count). The lowest BCUT2D eigenvalue weighted by Gasteiger charge is -2.26. The third-order valence-electron chi connectivity index (χ3n) is 4.16. The van der Waals surface area contributed by atoms with Gasteiger partial charge in [-0.05, 0) is 48.4 Å². The molecule has 1 saturated heterocycles. The average Bonchev–Trinajstić information content (AvgIpc) is 2.59. The van der Waals surface area contributed by atoms with Crippen molar-refractivity contribution in [1.29, 1.82) is 0 Å². The number of nitrogens with zero attached hydrogens (tertiary/aromatic N) is 1. The van der Waals surface area contributed by atoms with Gasteiger partial charge in [-0.1, -0.05) is 23.7 Å². The van der Waals surface area contributed by atoms with Gasteiger partial charge in [0.2, 0.25) is 5.91 Å². The predicted molar refractivity (Wildman–Crippen MR) is 98.9 cm³/mol. The fourth-order valence-electron chi connectivity index (χ4n) is 2.77. The Hall–Kier alpha value is -2.37. The van der Waals surface area contributed by atoms with Crippen LogP contribution >= 0.6 is 11.6 Å². The maximum atomic E-state index is 12.3. The lowest BCUT2D eigenvalue weighted by atomic mass is 10.1. The zero-order valence-corrected chi connectivity index (χ0v) is 14.8. The number of amides is 2. The van der Waals surface area contributed by atoms with Gasteiger partial charge in [-0.25, -0.2) is 0 Å². The number of benzene rings is 2. The number of halogens is 1. The molecule has 0 spiro atoms. The molecule has 1 fully saturated rings. The Bertz CT molecular complexity index is 790. The van der Waals surface area contributed by atoms with Gasteiger partial charge in [0.1, 0.15) is 0 Å². The van der Waals surface area contributed by atoms with Gasteiger partial charge in [0, 0.05) is 35.9 Å². The topological polar surface area (TPSA) is 61.4 Å². The number of hydrogen-bond acceptors (Lipinski definition) is 3. The van der Waals surface area contributed by atoms with Gasteiger partial charge in [-0.15, -0.1) is 0 Å². The van der Waals surface area contributed by atoms with E-state index in [1.54, 1.807) is 24.3 Å². The molecule has 2 N–H and O–H groups in total. The largest absolute Gasteiger partial charge is 0.354 e. The third kappa shape index (κ3) is 4.59. The Morgan fingerprint density at radius 1 is 1.24 bits per heavy atom. The summed E-state index contributed by atoms with van der Waals surface area (Å²) in [5.74, 6) is -0.105. The summed E-state index contributed by atoms with van der Waals surface area (Å²) in [5.41, 5.74) is 3.30. The van der Waals surface area contributed by atoms with Gasteiger partial charge < -0.3 is 10.6 Å². The van der Waals surface area contributed by atoms with Crippen LogP contribution in [0.2, 0.25) is 5.02 Å². The number of rotatable bonds is 4. The highest BCUT2D eigenvalue weighted by atomic mass is 35.5. The van der Waals surface area contributed by atoms with Gasteiger partial charge in [0.15, 0.2) is 0 Å². The number of piperazine rings is 1. The summed E-state index contributed by atoms with van der Waals surface area (Å²) < 4.78 is 0. The molecule has 2 aromatic carbocycles. The smallest absolute Gasteiger partial charge is 0.255 e. The van der Waals surface area contributed by atoms with Crippen LogP contribution in [-0.2, 0) is 11.3 Å². The predicted octanol–water partition coefficient (Wildman–Crippen LogP) is 2.83. The third-order valence-corrected chi connectivity index (χ3v) is 4.58. The van der Waals surface area contributed by atoms with E-state index in [9.17, 15) is 9.59 Å². The lowest BCUT2D eigenvalue weighted by Crippen LogP contribution is -2.47. The van der Waals surface area contributed by atoms with Crippen LogP contribution in [0.25, 0.3) is 0 Å². The molecule has 0 saturated carbocycles. The minimum absolute atomic E-state index is 0.0560. The molecule has 0 unspecified atom stereocenters. The Morgan fingerprint density at radius 2 is 2.00 bits per heavy atom. The number of carbonyl (C=O) groups is 2. The highest BCUT2D eigenvalue weighted by Crippen LogP contribution is 2.20. The Kier molecular flexibility index (Phi) is 5.36. The molecule has 0 atom stereocenters. The first-order chi connectivity index (χ1) is 12.0. The van der Waals surface area contributed by atoms with E-state index in [-0.39, 0.29) is 11.8 Å². The average molecular weight is 358 g/mol. The first-order valence-corrected chi connectivity index (χ1v) is 8.54. The molecule has 1 aliphatic heterocycles. The van der Waals surface area contributed by atoms with E-state index in [2.05, 4.69) is 15.5 Å². The molecule has 130 valence electrons. The highest BCUT2D eigenvalue weighted by molar-refractivity contribution is 6.31. The minimum atomic E-state index is -0.161. The van der Waals surface area contributed by atoms with E-state index >= 15 is 0 Å². The monoisotopic (exact) mass is 357 g/mol. The van der Waals surface area contributed by atoms with E-state index < -0.39 is 0 Å². The van der Waals surface area contributed by atoms with Crippen LogP contribution in [0.5, 0.6) is 0 Å². The van der Waals surface area contributed by atoms with Crippen molar-refractivity contribution < 1.29 is 9.59 Å². The maximum absolute atomic E-state index is 12.3. The molecule has 6 heteroatoms. The van der Waals surface area contributed by atoms with Crippen LogP contribution in [0.1, 0.15) is 21.5 Å². The van der Waals surface area contributed by atoms with Crippen LogP contribution in [0.15, 0.2) is 42.5 Å². The van der Waals surface area contributed by atoms with E-state index in [0.717, 1.165) is 23.4 Å². The number of nitrogens with one attached hydrogen (secondary N) is 2. The fraction of sp³-hybridized carbons (Fsp3) is 0.263. The van der Waals surface area contributed by atoms with Crippen molar-refractivity contribution in [3.63, 3.8) is 0 Å². The molecule has 0 bridgehead atoms. The van der Waals surface area contributed by atoms with Crippen molar-refractivity contribution in [3.8, 4) is 0 Å². The van der Waals surface area contributed by atoms with Crippen LogP contribution in [0.3, 0.4) is 0 Å². The Morgan fingerprint density at radius 3 is 2.68 bits per heavy atom. The molecule has 5 nitrogen and oxygen atoms in total. The molecule has 0 aromatic heterocycles. The standard InChI is InChI=1S/C19H20ClN3O2/c1-13-10-16(6-7-17(13)20)22-19(25)15-4-2-14(3-5-15)11-23-9-8-21-18(24)12-23/h2-7,10H,8-9,11-12H2,1H3,(H,21,24)(H,22,25). The van der Waals surface area contributed by atoms with E-state index in [4.69, 9.17) is 11.6 Å². The van der Waals surface area contributed by atoms with Crippen LogP contribution in [-0.4, -0.2) is 36.3 Å². The quantitative estimate of drug-likeness (QED) is 0.884. The maximum Gasteiger partial charge on any atom is 0.255 e. The van der Waals surface area contributed by atoms with Crippen molar-refractivity contribution >= 4 is 29.1 Å². The number of aryl methyl sites for hydroxylation is 1. The molecule has 0 aliphatic carbocycles. The number of anilines is 1. The summed E-state index contributed by atoms with van der Waals surface area (Å²) in [6, 6.07) is 12.8. The van der Waals surface area contributed by atoms with Crippen molar-refractivity contribution in [1.82, 2.24) is 10.2 Å². The summed E-state index contributed by atoms with van der Waals surface area (Å²) in [7, 11) is 0. The highest BCUT2D eigenvalue weighted by Gasteiger charge is 2.16. The van der Waals surface area contributed by atoms with Gasteiger partial charge in [-0.2, -0.15) is 0 Å². The molecular formula is C19H20ClN3O2.